The molecule has 2 aliphatic rings. The second-order valence-corrected chi connectivity index (χ2v) is 3.68. The van der Waals surface area contributed by atoms with Crippen LogP contribution in [0, 0.1) is 0 Å². The number of anilines is 2. The summed E-state index contributed by atoms with van der Waals surface area (Å²) in [5.41, 5.74) is 4.13. The normalized spacial score (nSPS) is 17.9. The van der Waals surface area contributed by atoms with Crippen LogP contribution in [0.15, 0.2) is 24.3 Å². The molecule has 0 spiro atoms. The van der Waals surface area contributed by atoms with Crippen LogP contribution in [0.3, 0.4) is 0 Å². The Balaban J connectivity index is 2.28. The van der Waals surface area contributed by atoms with E-state index in [-0.39, 0.29) is 0 Å². The first kappa shape index (κ1) is 7.01. The largest absolute Gasteiger partial charge is 0.355 e. The predicted octanol–water partition coefficient (Wildman–Crippen LogP) is 1.93. The molecule has 0 radical (unpaired) electrons. The molecule has 0 amide bonds. The topological polar surface area (TPSA) is 6.48 Å². The molecule has 0 saturated carbocycles. The number of hydrogen-bond acceptors (Lipinski definition) is 2. The van der Waals surface area contributed by atoms with Gasteiger partial charge in [-0.3, -0.25) is 0 Å². The van der Waals surface area contributed by atoms with Gasteiger partial charge in [-0.1, -0.05) is 24.3 Å². The number of benzene rings is 1. The Morgan fingerprint density at radius 2 is 2.23 bits per heavy atom. The van der Waals surface area contributed by atoms with E-state index in [0.29, 0.717) is 0 Å². The summed E-state index contributed by atoms with van der Waals surface area (Å²) in [6.45, 7) is 2.07. The Morgan fingerprint density at radius 1 is 1.31 bits per heavy atom. The number of para-hydroxylation sites is 1. The van der Waals surface area contributed by atoms with E-state index in [1.54, 1.807) is 0 Å². The van der Waals surface area contributed by atoms with E-state index in [2.05, 4.69) is 47.2 Å². The molecule has 0 bridgehead atoms. The van der Waals surface area contributed by atoms with Crippen LogP contribution in [0.1, 0.15) is 5.56 Å². The van der Waals surface area contributed by atoms with Gasteiger partial charge in [-0.25, -0.2) is 0 Å². The molecule has 66 valence electrons. The fourth-order valence-corrected chi connectivity index (χ4v) is 2.19. The molecule has 13 heavy (non-hydrogen) atoms. The van der Waals surface area contributed by atoms with E-state index in [1.807, 2.05) is 0 Å². The van der Waals surface area contributed by atoms with Crippen LogP contribution in [0.2, 0.25) is 0 Å². The van der Waals surface area contributed by atoms with Crippen LogP contribution in [-0.4, -0.2) is 20.3 Å². The maximum atomic E-state index is 2.41. The summed E-state index contributed by atoms with van der Waals surface area (Å²) in [6, 6.07) is 6.50. The average Bonchev–Trinajstić information content (AvgIpc) is 2.47. The molecule has 2 nitrogen and oxygen atoms in total. The summed E-state index contributed by atoms with van der Waals surface area (Å²) in [5, 5.41) is 0. The van der Waals surface area contributed by atoms with Crippen LogP contribution in [0.25, 0.3) is 6.08 Å². The smallest absolute Gasteiger partial charge is 0.0904 e. The van der Waals surface area contributed by atoms with Gasteiger partial charge in [0.1, 0.15) is 0 Å². The van der Waals surface area contributed by atoms with Gasteiger partial charge in [-0.2, -0.15) is 0 Å². The molecule has 1 aromatic rings. The molecule has 0 saturated heterocycles. The van der Waals surface area contributed by atoms with E-state index in [9.17, 15) is 0 Å². The minimum atomic E-state index is 1.02. The average molecular weight is 172 g/mol. The van der Waals surface area contributed by atoms with Gasteiger partial charge in [0.05, 0.1) is 18.0 Å². The van der Waals surface area contributed by atoms with Crippen LogP contribution >= 0.6 is 0 Å². The van der Waals surface area contributed by atoms with Crippen molar-refractivity contribution in [3.8, 4) is 0 Å². The highest BCUT2D eigenvalue weighted by Gasteiger charge is 2.25. The van der Waals surface area contributed by atoms with Gasteiger partial charge >= 0.3 is 0 Å². The van der Waals surface area contributed by atoms with Crippen molar-refractivity contribution in [3.63, 3.8) is 0 Å². The van der Waals surface area contributed by atoms with E-state index in [0.717, 1.165) is 13.2 Å². The van der Waals surface area contributed by atoms with Crippen molar-refractivity contribution in [2.24, 2.45) is 0 Å². The second-order valence-electron chi connectivity index (χ2n) is 3.68. The SMILES string of the molecule is CN1CN2CC=Cc3cccc1c32. The van der Waals surface area contributed by atoms with Gasteiger partial charge in [0.15, 0.2) is 0 Å². The first-order valence-electron chi connectivity index (χ1n) is 4.62. The van der Waals surface area contributed by atoms with Gasteiger partial charge < -0.3 is 9.80 Å². The molecule has 0 aliphatic carbocycles. The van der Waals surface area contributed by atoms with Crippen molar-refractivity contribution in [2.45, 2.75) is 0 Å². The van der Waals surface area contributed by atoms with Crippen LogP contribution < -0.4 is 9.80 Å². The lowest BCUT2D eigenvalue weighted by Crippen LogP contribution is -2.29. The maximum absolute atomic E-state index is 2.41. The van der Waals surface area contributed by atoms with E-state index < -0.39 is 0 Å². The van der Waals surface area contributed by atoms with E-state index >= 15 is 0 Å². The Kier molecular flexibility index (Phi) is 1.23. The molecule has 0 aromatic heterocycles. The van der Waals surface area contributed by atoms with Crippen molar-refractivity contribution >= 4 is 17.5 Å². The third-order valence-electron chi connectivity index (χ3n) is 2.78. The number of rotatable bonds is 0. The van der Waals surface area contributed by atoms with Crippen molar-refractivity contribution in [2.75, 3.05) is 30.1 Å². The molecule has 0 unspecified atom stereocenters. The van der Waals surface area contributed by atoms with Gasteiger partial charge in [0.25, 0.3) is 0 Å². The highest BCUT2D eigenvalue weighted by Crippen LogP contribution is 2.40. The highest BCUT2D eigenvalue weighted by atomic mass is 15.4. The molecule has 2 heterocycles. The Morgan fingerprint density at radius 3 is 3.15 bits per heavy atom. The van der Waals surface area contributed by atoms with Crippen LogP contribution in [0.4, 0.5) is 11.4 Å². The van der Waals surface area contributed by atoms with E-state index in [1.165, 1.54) is 16.9 Å². The second kappa shape index (κ2) is 2.28. The minimum Gasteiger partial charge on any atom is -0.355 e. The highest BCUT2D eigenvalue weighted by molar-refractivity contribution is 5.86. The Bertz CT molecular complexity index is 382. The molecule has 2 heteroatoms. The van der Waals surface area contributed by atoms with Crippen molar-refractivity contribution in [3.05, 3.63) is 29.8 Å². The summed E-state index contributed by atoms with van der Waals surface area (Å²) >= 11 is 0. The summed E-state index contributed by atoms with van der Waals surface area (Å²) < 4.78 is 0. The van der Waals surface area contributed by atoms with E-state index in [4.69, 9.17) is 0 Å². The molecule has 0 N–H and O–H groups in total. The molecule has 0 fully saturated rings. The lowest BCUT2D eigenvalue weighted by atomic mass is 10.1. The third kappa shape index (κ3) is 0.829. The monoisotopic (exact) mass is 172 g/mol. The summed E-state index contributed by atoms with van der Waals surface area (Å²) in [4.78, 5) is 4.70. The molecular weight excluding hydrogens is 160 g/mol. The first-order valence-corrected chi connectivity index (χ1v) is 4.62. The fraction of sp³-hybridized carbons (Fsp3) is 0.273. The summed E-state index contributed by atoms with van der Waals surface area (Å²) in [7, 11) is 2.15. The van der Waals surface area contributed by atoms with Crippen molar-refractivity contribution in [1.82, 2.24) is 0 Å². The lowest BCUT2D eigenvalue weighted by molar-refractivity contribution is 0.871. The Hall–Kier alpha value is -1.44. The molecule has 0 atom stereocenters. The lowest BCUT2D eigenvalue weighted by Gasteiger charge is -2.21. The van der Waals surface area contributed by atoms with Gasteiger partial charge in [0.2, 0.25) is 0 Å². The summed E-state index contributed by atoms with van der Waals surface area (Å²) in [6.07, 6.45) is 4.44. The first-order chi connectivity index (χ1) is 6.36. The minimum absolute atomic E-state index is 1.02. The van der Waals surface area contributed by atoms with Gasteiger partial charge in [-0.15, -0.1) is 0 Å². The zero-order valence-corrected chi connectivity index (χ0v) is 7.70. The molecule has 3 rings (SSSR count). The predicted molar refractivity (Wildman–Crippen MR) is 56.1 cm³/mol. The maximum Gasteiger partial charge on any atom is 0.0904 e. The standard InChI is InChI=1S/C11H12N2/c1-12-8-13-7-3-5-9-4-2-6-10(12)11(9)13/h2-6H,7-8H2,1H3. The molecule has 1 aromatic carbocycles. The van der Waals surface area contributed by atoms with Gasteiger partial charge in [0, 0.05) is 13.6 Å². The van der Waals surface area contributed by atoms with Crippen LogP contribution in [-0.2, 0) is 0 Å². The summed E-state index contributed by atoms with van der Waals surface area (Å²) in [5.74, 6) is 0. The fourth-order valence-electron chi connectivity index (χ4n) is 2.19. The molecule has 2 aliphatic heterocycles. The van der Waals surface area contributed by atoms with Gasteiger partial charge in [-0.05, 0) is 11.6 Å². The third-order valence-corrected chi connectivity index (χ3v) is 2.78. The van der Waals surface area contributed by atoms with Crippen molar-refractivity contribution < 1.29 is 0 Å². The zero-order valence-electron chi connectivity index (χ0n) is 7.70. The quantitative estimate of drug-likeness (QED) is 0.590. The number of hydrogen-bond donors (Lipinski definition) is 0. The Labute approximate surface area is 78.1 Å². The molecular formula is C11H12N2. The van der Waals surface area contributed by atoms with Crippen molar-refractivity contribution in [1.29, 1.82) is 0 Å². The number of nitrogens with zero attached hydrogens (tertiary/aromatic N) is 2. The van der Waals surface area contributed by atoms with Crippen LogP contribution in [0.5, 0.6) is 0 Å². The zero-order chi connectivity index (χ0) is 8.84.